The SMILES string of the molecule is CCNC(=O)CNC(=S)NC(C)C. The number of likely N-dealkylation sites (N-methyl/N-ethyl adjacent to an activating group) is 1. The monoisotopic (exact) mass is 203 g/mol. The summed E-state index contributed by atoms with van der Waals surface area (Å²) in [4.78, 5) is 11.0. The Morgan fingerprint density at radius 2 is 2.00 bits per heavy atom. The molecule has 0 aliphatic rings. The molecule has 3 N–H and O–H groups in total. The molecule has 5 heteroatoms. The normalized spacial score (nSPS) is 9.54. The smallest absolute Gasteiger partial charge is 0.239 e. The standard InChI is InChI=1S/C8H17N3OS/c1-4-9-7(12)5-10-8(13)11-6(2)3/h6H,4-5H2,1-3H3,(H,9,12)(H2,10,11,13). The Labute approximate surface area is 84.5 Å². The van der Waals surface area contributed by atoms with Gasteiger partial charge in [0.2, 0.25) is 5.91 Å². The van der Waals surface area contributed by atoms with Gasteiger partial charge in [-0.15, -0.1) is 0 Å². The first-order valence-corrected chi connectivity index (χ1v) is 4.78. The van der Waals surface area contributed by atoms with Gasteiger partial charge in [0.25, 0.3) is 0 Å². The van der Waals surface area contributed by atoms with E-state index < -0.39 is 0 Å². The quantitative estimate of drug-likeness (QED) is 0.563. The second-order valence-electron chi connectivity index (χ2n) is 2.94. The molecular formula is C8H17N3OS. The summed E-state index contributed by atoms with van der Waals surface area (Å²) >= 11 is 4.93. The summed E-state index contributed by atoms with van der Waals surface area (Å²) in [5.74, 6) is -0.0459. The van der Waals surface area contributed by atoms with Gasteiger partial charge >= 0.3 is 0 Å². The van der Waals surface area contributed by atoms with Crippen LogP contribution in [0.15, 0.2) is 0 Å². The predicted octanol–water partition coefficient (Wildman–Crippen LogP) is -0.00500. The van der Waals surface area contributed by atoms with Gasteiger partial charge in [-0.2, -0.15) is 0 Å². The molecule has 0 saturated carbocycles. The summed E-state index contributed by atoms with van der Waals surface area (Å²) in [6.45, 7) is 6.72. The highest BCUT2D eigenvalue weighted by Gasteiger charge is 2.01. The molecule has 0 saturated heterocycles. The Morgan fingerprint density at radius 1 is 1.38 bits per heavy atom. The molecule has 0 aromatic heterocycles. The summed E-state index contributed by atoms with van der Waals surface area (Å²) < 4.78 is 0. The van der Waals surface area contributed by atoms with Crippen molar-refractivity contribution in [3.8, 4) is 0 Å². The molecule has 0 aliphatic carbocycles. The third kappa shape index (κ3) is 7.52. The first kappa shape index (κ1) is 12.2. The largest absolute Gasteiger partial charge is 0.361 e. The van der Waals surface area contributed by atoms with Gasteiger partial charge in [-0.05, 0) is 33.0 Å². The van der Waals surface area contributed by atoms with Crippen LogP contribution in [0.5, 0.6) is 0 Å². The van der Waals surface area contributed by atoms with Crippen molar-refractivity contribution in [3.05, 3.63) is 0 Å². The average Bonchev–Trinajstić information content (AvgIpc) is 2.00. The van der Waals surface area contributed by atoms with Gasteiger partial charge < -0.3 is 16.0 Å². The van der Waals surface area contributed by atoms with Crippen molar-refractivity contribution in [2.45, 2.75) is 26.8 Å². The summed E-state index contributed by atoms with van der Waals surface area (Å²) in [6.07, 6.45) is 0. The van der Waals surface area contributed by atoms with E-state index in [2.05, 4.69) is 16.0 Å². The molecular weight excluding hydrogens is 186 g/mol. The highest BCUT2D eigenvalue weighted by Crippen LogP contribution is 1.76. The zero-order valence-corrected chi connectivity index (χ0v) is 9.12. The lowest BCUT2D eigenvalue weighted by atomic mass is 10.4. The van der Waals surface area contributed by atoms with Crippen LogP contribution in [0.1, 0.15) is 20.8 Å². The fraction of sp³-hybridized carbons (Fsp3) is 0.750. The first-order chi connectivity index (χ1) is 6.06. The predicted molar refractivity (Wildman–Crippen MR) is 57.6 cm³/mol. The minimum Gasteiger partial charge on any atom is -0.361 e. The molecule has 0 unspecified atom stereocenters. The lowest BCUT2D eigenvalue weighted by Crippen LogP contribution is -2.43. The molecule has 0 aromatic carbocycles. The first-order valence-electron chi connectivity index (χ1n) is 4.37. The van der Waals surface area contributed by atoms with Crippen LogP contribution in [0.25, 0.3) is 0 Å². The maximum Gasteiger partial charge on any atom is 0.239 e. The van der Waals surface area contributed by atoms with Crippen molar-refractivity contribution in [1.82, 2.24) is 16.0 Å². The molecule has 1 amide bonds. The van der Waals surface area contributed by atoms with E-state index in [0.717, 1.165) is 0 Å². The Balaban J connectivity index is 3.52. The van der Waals surface area contributed by atoms with Crippen LogP contribution in [-0.4, -0.2) is 30.2 Å². The Kier molecular flexibility index (Phi) is 6.22. The zero-order valence-electron chi connectivity index (χ0n) is 8.31. The highest BCUT2D eigenvalue weighted by molar-refractivity contribution is 7.80. The van der Waals surface area contributed by atoms with Gasteiger partial charge in [0, 0.05) is 12.6 Å². The van der Waals surface area contributed by atoms with Crippen molar-refractivity contribution in [2.75, 3.05) is 13.1 Å². The fourth-order valence-corrected chi connectivity index (χ4v) is 1.04. The second-order valence-corrected chi connectivity index (χ2v) is 3.34. The number of rotatable bonds is 4. The molecule has 0 radical (unpaired) electrons. The van der Waals surface area contributed by atoms with Gasteiger partial charge in [0.15, 0.2) is 5.11 Å². The van der Waals surface area contributed by atoms with Crippen LogP contribution in [0.4, 0.5) is 0 Å². The maximum absolute atomic E-state index is 11.0. The van der Waals surface area contributed by atoms with E-state index in [-0.39, 0.29) is 18.5 Å². The summed E-state index contributed by atoms with van der Waals surface area (Å²) in [6, 6.07) is 0.286. The van der Waals surface area contributed by atoms with Gasteiger partial charge in [-0.1, -0.05) is 0 Å². The summed E-state index contributed by atoms with van der Waals surface area (Å²) in [7, 11) is 0. The number of hydrogen-bond acceptors (Lipinski definition) is 2. The number of carbonyl (C=O) groups excluding carboxylic acids is 1. The van der Waals surface area contributed by atoms with Crippen molar-refractivity contribution in [2.24, 2.45) is 0 Å². The van der Waals surface area contributed by atoms with Gasteiger partial charge in [-0.25, -0.2) is 0 Å². The van der Waals surface area contributed by atoms with Crippen LogP contribution in [0, 0.1) is 0 Å². The van der Waals surface area contributed by atoms with E-state index in [4.69, 9.17) is 12.2 Å². The van der Waals surface area contributed by atoms with Crippen LogP contribution in [-0.2, 0) is 4.79 Å². The van der Waals surface area contributed by atoms with E-state index in [1.807, 2.05) is 20.8 Å². The Hall–Kier alpha value is -0.840. The Morgan fingerprint density at radius 3 is 2.46 bits per heavy atom. The van der Waals surface area contributed by atoms with Crippen LogP contribution in [0.2, 0.25) is 0 Å². The molecule has 0 aromatic rings. The Bertz CT molecular complexity index is 182. The van der Waals surface area contributed by atoms with Crippen molar-refractivity contribution < 1.29 is 4.79 Å². The van der Waals surface area contributed by atoms with Crippen molar-refractivity contribution in [1.29, 1.82) is 0 Å². The highest BCUT2D eigenvalue weighted by atomic mass is 32.1. The maximum atomic E-state index is 11.0. The van der Waals surface area contributed by atoms with Crippen molar-refractivity contribution >= 4 is 23.2 Å². The number of hydrogen-bond donors (Lipinski definition) is 3. The molecule has 13 heavy (non-hydrogen) atoms. The lowest BCUT2D eigenvalue weighted by Gasteiger charge is -2.12. The van der Waals surface area contributed by atoms with Crippen LogP contribution in [0.3, 0.4) is 0 Å². The lowest BCUT2D eigenvalue weighted by molar-refractivity contribution is -0.119. The van der Waals surface area contributed by atoms with E-state index in [9.17, 15) is 4.79 Å². The average molecular weight is 203 g/mol. The number of thiocarbonyl (C=S) groups is 1. The van der Waals surface area contributed by atoms with Crippen LogP contribution < -0.4 is 16.0 Å². The van der Waals surface area contributed by atoms with E-state index in [1.54, 1.807) is 0 Å². The number of carbonyl (C=O) groups is 1. The minimum absolute atomic E-state index is 0.0459. The molecule has 0 rings (SSSR count). The molecule has 0 spiro atoms. The van der Waals surface area contributed by atoms with E-state index >= 15 is 0 Å². The van der Waals surface area contributed by atoms with Gasteiger partial charge in [0.1, 0.15) is 0 Å². The molecule has 0 aliphatic heterocycles. The molecule has 76 valence electrons. The summed E-state index contributed by atoms with van der Waals surface area (Å²) in [5.41, 5.74) is 0. The third-order valence-corrected chi connectivity index (χ3v) is 1.47. The van der Waals surface area contributed by atoms with Gasteiger partial charge in [-0.3, -0.25) is 4.79 Å². The van der Waals surface area contributed by atoms with E-state index in [1.165, 1.54) is 0 Å². The molecule has 4 nitrogen and oxygen atoms in total. The number of amides is 1. The van der Waals surface area contributed by atoms with Gasteiger partial charge in [0.05, 0.1) is 6.54 Å². The molecule has 0 bridgehead atoms. The minimum atomic E-state index is -0.0459. The second kappa shape index (κ2) is 6.65. The zero-order chi connectivity index (χ0) is 10.3. The fourth-order valence-electron chi connectivity index (χ4n) is 0.733. The topological polar surface area (TPSA) is 53.2 Å². The molecule has 0 fully saturated rings. The summed E-state index contributed by atoms with van der Waals surface area (Å²) in [5, 5.41) is 8.97. The number of nitrogens with one attached hydrogen (secondary N) is 3. The third-order valence-electron chi connectivity index (χ3n) is 1.20. The van der Waals surface area contributed by atoms with Crippen molar-refractivity contribution in [3.63, 3.8) is 0 Å². The molecule has 0 heterocycles. The molecule has 0 atom stereocenters. The van der Waals surface area contributed by atoms with E-state index in [0.29, 0.717) is 11.7 Å². The van der Waals surface area contributed by atoms with Crippen LogP contribution >= 0.6 is 12.2 Å².